The van der Waals surface area contributed by atoms with E-state index in [4.69, 9.17) is 0 Å². The van der Waals surface area contributed by atoms with Crippen molar-refractivity contribution in [3.05, 3.63) is 48.2 Å². The largest absolute Gasteiger partial charge is 0.481 e. The zero-order valence-electron chi connectivity index (χ0n) is 12.8. The number of amides is 1. The van der Waals surface area contributed by atoms with Crippen LogP contribution in [-0.2, 0) is 16.0 Å². The van der Waals surface area contributed by atoms with Gasteiger partial charge in [-0.15, -0.1) is 0 Å². The molecule has 0 bridgehead atoms. The van der Waals surface area contributed by atoms with Crippen LogP contribution in [0.15, 0.2) is 42.6 Å². The number of para-hydroxylation sites is 1. The molecule has 2 aromatic rings. The van der Waals surface area contributed by atoms with Gasteiger partial charge in [0.15, 0.2) is 0 Å². The lowest BCUT2D eigenvalue weighted by molar-refractivity contribution is -0.147. The lowest BCUT2D eigenvalue weighted by atomic mass is 9.82. The molecule has 1 aromatic heterocycles. The molecule has 0 saturated carbocycles. The van der Waals surface area contributed by atoms with Crippen LogP contribution in [0.2, 0.25) is 0 Å². The monoisotopic (exact) mass is 312 g/mol. The second-order valence-corrected chi connectivity index (χ2v) is 5.89. The first kappa shape index (κ1) is 15.3. The molecule has 0 unspecified atom stereocenters. The number of nitrogens with one attached hydrogen (secondary N) is 2. The molecule has 1 aliphatic rings. The zero-order chi connectivity index (χ0) is 16.2. The van der Waals surface area contributed by atoms with Crippen molar-refractivity contribution < 1.29 is 14.7 Å². The van der Waals surface area contributed by atoms with Gasteiger partial charge in [0.2, 0.25) is 5.91 Å². The van der Waals surface area contributed by atoms with Crippen molar-refractivity contribution in [2.75, 3.05) is 6.54 Å². The fraction of sp³-hybridized carbons (Fsp3) is 0.333. The van der Waals surface area contributed by atoms with Crippen LogP contribution in [0.5, 0.6) is 0 Å². The van der Waals surface area contributed by atoms with E-state index in [1.807, 2.05) is 36.5 Å². The third kappa shape index (κ3) is 3.28. The first-order chi connectivity index (χ1) is 11.2. The van der Waals surface area contributed by atoms with Gasteiger partial charge in [-0.25, -0.2) is 0 Å². The first-order valence-corrected chi connectivity index (χ1v) is 7.87. The molecule has 0 saturated heterocycles. The van der Waals surface area contributed by atoms with E-state index in [-0.39, 0.29) is 5.91 Å². The molecule has 3 rings (SSSR count). The number of aromatic amines is 1. The molecule has 1 aromatic carbocycles. The van der Waals surface area contributed by atoms with Gasteiger partial charge in [0, 0.05) is 23.6 Å². The number of hydrogen-bond donors (Lipinski definition) is 3. The van der Waals surface area contributed by atoms with Gasteiger partial charge in [0.1, 0.15) is 0 Å². The lowest BCUT2D eigenvalue weighted by Crippen LogP contribution is -2.39. The smallest absolute Gasteiger partial charge is 0.307 e. The highest BCUT2D eigenvalue weighted by Crippen LogP contribution is 2.26. The van der Waals surface area contributed by atoms with Gasteiger partial charge >= 0.3 is 5.97 Å². The molecule has 1 amide bonds. The lowest BCUT2D eigenvalue weighted by Gasteiger charge is -2.24. The van der Waals surface area contributed by atoms with E-state index in [1.54, 1.807) is 0 Å². The van der Waals surface area contributed by atoms with Crippen LogP contribution in [0.25, 0.3) is 10.9 Å². The maximum atomic E-state index is 12.3. The molecule has 5 nitrogen and oxygen atoms in total. The van der Waals surface area contributed by atoms with Crippen molar-refractivity contribution in [2.45, 2.75) is 19.3 Å². The van der Waals surface area contributed by atoms with Crippen LogP contribution < -0.4 is 5.32 Å². The Kier molecular flexibility index (Phi) is 4.46. The summed E-state index contributed by atoms with van der Waals surface area (Å²) < 4.78 is 0. The van der Waals surface area contributed by atoms with Crippen molar-refractivity contribution in [3.8, 4) is 0 Å². The van der Waals surface area contributed by atoms with Crippen molar-refractivity contribution in [2.24, 2.45) is 11.8 Å². The summed E-state index contributed by atoms with van der Waals surface area (Å²) in [6, 6.07) is 8.04. The van der Waals surface area contributed by atoms with Crippen molar-refractivity contribution in [3.63, 3.8) is 0 Å². The highest BCUT2D eigenvalue weighted by Gasteiger charge is 2.33. The summed E-state index contributed by atoms with van der Waals surface area (Å²) in [6.07, 6.45) is 7.33. The van der Waals surface area contributed by atoms with E-state index < -0.39 is 17.8 Å². The summed E-state index contributed by atoms with van der Waals surface area (Å²) in [5, 5.41) is 13.3. The summed E-state index contributed by atoms with van der Waals surface area (Å²) in [6.45, 7) is 0.507. The van der Waals surface area contributed by atoms with Crippen LogP contribution in [0, 0.1) is 11.8 Å². The van der Waals surface area contributed by atoms with Crippen LogP contribution in [0.1, 0.15) is 18.4 Å². The number of carboxylic acids is 1. The maximum Gasteiger partial charge on any atom is 0.307 e. The fourth-order valence-electron chi connectivity index (χ4n) is 3.17. The quantitative estimate of drug-likeness (QED) is 0.742. The molecule has 1 aliphatic carbocycles. The van der Waals surface area contributed by atoms with Gasteiger partial charge in [-0.1, -0.05) is 30.4 Å². The van der Waals surface area contributed by atoms with Crippen LogP contribution in [-0.4, -0.2) is 28.5 Å². The number of carbonyl (C=O) groups is 2. The number of fused-ring (bicyclic) bond motifs is 1. The molecule has 1 heterocycles. The molecule has 120 valence electrons. The molecular weight excluding hydrogens is 292 g/mol. The molecule has 0 radical (unpaired) electrons. The highest BCUT2D eigenvalue weighted by molar-refractivity contribution is 5.85. The molecule has 23 heavy (non-hydrogen) atoms. The van der Waals surface area contributed by atoms with Crippen molar-refractivity contribution >= 4 is 22.8 Å². The maximum absolute atomic E-state index is 12.3. The predicted octanol–water partition coefficient (Wildman–Crippen LogP) is 2.49. The number of allylic oxidation sites excluding steroid dienone is 2. The van der Waals surface area contributed by atoms with Crippen LogP contribution >= 0.6 is 0 Å². The Labute approximate surface area is 134 Å². The normalized spacial score (nSPS) is 20.5. The van der Waals surface area contributed by atoms with Crippen molar-refractivity contribution in [1.29, 1.82) is 0 Å². The number of H-pyrrole nitrogens is 1. The Morgan fingerprint density at radius 1 is 1.17 bits per heavy atom. The number of rotatable bonds is 5. The first-order valence-electron chi connectivity index (χ1n) is 7.87. The van der Waals surface area contributed by atoms with Gasteiger partial charge < -0.3 is 15.4 Å². The van der Waals surface area contributed by atoms with Gasteiger partial charge in [-0.3, -0.25) is 9.59 Å². The molecule has 3 N–H and O–H groups in total. The zero-order valence-corrected chi connectivity index (χ0v) is 12.8. The Morgan fingerprint density at radius 2 is 1.91 bits per heavy atom. The van der Waals surface area contributed by atoms with E-state index in [0.717, 1.165) is 22.9 Å². The van der Waals surface area contributed by atoms with E-state index in [9.17, 15) is 14.7 Å². The minimum Gasteiger partial charge on any atom is -0.481 e. The molecule has 2 atom stereocenters. The van der Waals surface area contributed by atoms with Gasteiger partial charge in [-0.2, -0.15) is 0 Å². The second-order valence-electron chi connectivity index (χ2n) is 5.89. The van der Waals surface area contributed by atoms with E-state index in [1.165, 1.54) is 0 Å². The molecule has 0 aliphatic heterocycles. The third-order valence-electron chi connectivity index (χ3n) is 4.45. The Hall–Kier alpha value is -2.56. The van der Waals surface area contributed by atoms with E-state index in [0.29, 0.717) is 19.4 Å². The molecule has 5 heteroatoms. The molecule has 0 spiro atoms. The summed E-state index contributed by atoms with van der Waals surface area (Å²) in [5.41, 5.74) is 2.23. The SMILES string of the molecule is O=C(O)[C@H]1CC=CC[C@@H]1C(=O)NCCc1c[nH]c2ccccc12. The summed E-state index contributed by atoms with van der Waals surface area (Å²) >= 11 is 0. The van der Waals surface area contributed by atoms with Gasteiger partial charge in [-0.05, 0) is 30.9 Å². The average molecular weight is 312 g/mol. The van der Waals surface area contributed by atoms with E-state index >= 15 is 0 Å². The van der Waals surface area contributed by atoms with Crippen LogP contribution in [0.3, 0.4) is 0 Å². The Bertz CT molecular complexity index is 748. The fourth-order valence-corrected chi connectivity index (χ4v) is 3.17. The Balaban J connectivity index is 1.59. The summed E-state index contributed by atoms with van der Waals surface area (Å²) in [5.74, 6) is -2.15. The number of hydrogen-bond acceptors (Lipinski definition) is 2. The predicted molar refractivity (Wildman–Crippen MR) is 88.0 cm³/mol. The number of benzene rings is 1. The third-order valence-corrected chi connectivity index (χ3v) is 4.45. The van der Waals surface area contributed by atoms with Crippen LogP contribution in [0.4, 0.5) is 0 Å². The number of aliphatic carboxylic acids is 1. The van der Waals surface area contributed by atoms with Gasteiger partial charge in [0.25, 0.3) is 0 Å². The number of carbonyl (C=O) groups excluding carboxylic acids is 1. The van der Waals surface area contributed by atoms with Gasteiger partial charge in [0.05, 0.1) is 11.8 Å². The average Bonchev–Trinajstić information content (AvgIpc) is 2.98. The summed E-state index contributed by atoms with van der Waals surface area (Å²) in [4.78, 5) is 26.8. The minimum atomic E-state index is -0.897. The standard InChI is InChI=1S/C18H20N2O3/c21-17(14-6-1-2-7-15(14)18(22)23)19-10-9-12-11-20-16-8-4-3-5-13(12)16/h1-5,8,11,14-15,20H,6-7,9-10H2,(H,19,21)(H,22,23)/t14-,15-/m0/s1. The number of aromatic nitrogens is 1. The second kappa shape index (κ2) is 6.69. The van der Waals surface area contributed by atoms with E-state index in [2.05, 4.69) is 16.4 Å². The molecule has 0 fully saturated rings. The molecular formula is C18H20N2O3. The minimum absolute atomic E-state index is 0.165. The number of carboxylic acid groups (broad SMARTS) is 1. The van der Waals surface area contributed by atoms with Crippen molar-refractivity contribution in [1.82, 2.24) is 10.3 Å². The highest BCUT2D eigenvalue weighted by atomic mass is 16.4. The Morgan fingerprint density at radius 3 is 2.70 bits per heavy atom. The topological polar surface area (TPSA) is 82.2 Å². The summed E-state index contributed by atoms with van der Waals surface area (Å²) in [7, 11) is 0.